The van der Waals surface area contributed by atoms with Crippen molar-refractivity contribution in [3.05, 3.63) is 34.3 Å². The normalized spacial score (nSPS) is 11.5. The van der Waals surface area contributed by atoms with E-state index in [0.29, 0.717) is 6.54 Å². The van der Waals surface area contributed by atoms with Gasteiger partial charge >= 0.3 is 0 Å². The van der Waals surface area contributed by atoms with Crippen LogP contribution in [0.1, 0.15) is 24.5 Å². The standard InChI is InChI=1S/C15H26ClN3/c1-4-7-19(9-8-18(2)3)12-14-6-5-13(11-17)10-15(14)16/h5-6,10H,4,7-9,11-12,17H2,1-3H3. The lowest BCUT2D eigenvalue weighted by molar-refractivity contribution is 0.234. The molecule has 0 fully saturated rings. The van der Waals surface area contributed by atoms with E-state index in [1.807, 2.05) is 6.07 Å². The molecule has 2 N–H and O–H groups in total. The molecule has 0 radical (unpaired) electrons. The SMILES string of the molecule is CCCN(CCN(C)C)Cc1ccc(CN)cc1Cl. The van der Waals surface area contributed by atoms with Crippen LogP contribution in [0.3, 0.4) is 0 Å². The van der Waals surface area contributed by atoms with E-state index in [-0.39, 0.29) is 0 Å². The molecule has 0 saturated heterocycles. The minimum Gasteiger partial charge on any atom is -0.326 e. The average molecular weight is 284 g/mol. The van der Waals surface area contributed by atoms with Gasteiger partial charge in [0.25, 0.3) is 0 Å². The Morgan fingerprint density at radius 1 is 1.16 bits per heavy atom. The lowest BCUT2D eigenvalue weighted by Gasteiger charge is -2.24. The number of benzene rings is 1. The van der Waals surface area contributed by atoms with Crippen LogP contribution in [-0.4, -0.2) is 43.5 Å². The fraction of sp³-hybridized carbons (Fsp3) is 0.600. The number of nitrogens with two attached hydrogens (primary N) is 1. The van der Waals surface area contributed by atoms with Gasteiger partial charge in [-0.2, -0.15) is 0 Å². The molecular weight excluding hydrogens is 258 g/mol. The molecule has 108 valence electrons. The van der Waals surface area contributed by atoms with Gasteiger partial charge in [-0.15, -0.1) is 0 Å². The van der Waals surface area contributed by atoms with Gasteiger partial charge in [-0.05, 0) is 44.3 Å². The molecule has 3 nitrogen and oxygen atoms in total. The Balaban J connectivity index is 2.67. The molecule has 0 aromatic heterocycles. The van der Waals surface area contributed by atoms with Gasteiger partial charge in [0.05, 0.1) is 0 Å². The number of nitrogens with zero attached hydrogens (tertiary/aromatic N) is 2. The third-order valence-electron chi connectivity index (χ3n) is 3.15. The van der Waals surface area contributed by atoms with Crippen LogP contribution in [0.15, 0.2) is 18.2 Å². The molecule has 0 aliphatic heterocycles. The second-order valence-electron chi connectivity index (χ2n) is 5.21. The summed E-state index contributed by atoms with van der Waals surface area (Å²) in [4.78, 5) is 4.66. The van der Waals surface area contributed by atoms with Gasteiger partial charge in [-0.3, -0.25) is 4.90 Å². The molecule has 1 aromatic carbocycles. The molecule has 1 rings (SSSR count). The topological polar surface area (TPSA) is 32.5 Å². The molecule has 0 aliphatic carbocycles. The Labute approximate surface area is 122 Å². The van der Waals surface area contributed by atoms with Gasteiger partial charge in [0.1, 0.15) is 0 Å². The van der Waals surface area contributed by atoms with Gasteiger partial charge in [0.2, 0.25) is 0 Å². The zero-order chi connectivity index (χ0) is 14.3. The fourth-order valence-electron chi connectivity index (χ4n) is 2.01. The molecule has 0 heterocycles. The van der Waals surface area contributed by atoms with Gasteiger partial charge in [-0.25, -0.2) is 0 Å². The van der Waals surface area contributed by atoms with E-state index < -0.39 is 0 Å². The first-order valence-electron chi connectivity index (χ1n) is 6.91. The van der Waals surface area contributed by atoms with Crippen molar-refractivity contribution in [3.63, 3.8) is 0 Å². The summed E-state index contributed by atoms with van der Waals surface area (Å²) in [5, 5.41) is 0.828. The molecule has 0 bridgehead atoms. The van der Waals surface area contributed by atoms with Crippen LogP contribution < -0.4 is 5.73 Å². The monoisotopic (exact) mass is 283 g/mol. The second-order valence-corrected chi connectivity index (χ2v) is 5.62. The molecule has 0 unspecified atom stereocenters. The highest BCUT2D eigenvalue weighted by Gasteiger charge is 2.08. The summed E-state index contributed by atoms with van der Waals surface area (Å²) in [5.41, 5.74) is 7.90. The highest BCUT2D eigenvalue weighted by molar-refractivity contribution is 6.31. The van der Waals surface area contributed by atoms with Crippen molar-refractivity contribution in [2.45, 2.75) is 26.4 Å². The van der Waals surface area contributed by atoms with Crippen LogP contribution in [0.4, 0.5) is 0 Å². The van der Waals surface area contributed by atoms with E-state index in [1.54, 1.807) is 0 Å². The maximum Gasteiger partial charge on any atom is 0.0454 e. The maximum atomic E-state index is 6.32. The summed E-state index contributed by atoms with van der Waals surface area (Å²) in [6.07, 6.45) is 1.16. The van der Waals surface area contributed by atoms with E-state index in [9.17, 15) is 0 Å². The van der Waals surface area contributed by atoms with E-state index in [4.69, 9.17) is 17.3 Å². The molecule has 19 heavy (non-hydrogen) atoms. The molecule has 4 heteroatoms. The van der Waals surface area contributed by atoms with Gasteiger partial charge in [0, 0.05) is 31.2 Å². The lowest BCUT2D eigenvalue weighted by atomic mass is 10.1. The summed E-state index contributed by atoms with van der Waals surface area (Å²) in [7, 11) is 4.21. The van der Waals surface area contributed by atoms with Crippen LogP contribution in [0.5, 0.6) is 0 Å². The first-order chi connectivity index (χ1) is 9.06. The highest BCUT2D eigenvalue weighted by atomic mass is 35.5. The van der Waals surface area contributed by atoms with Crippen molar-refractivity contribution >= 4 is 11.6 Å². The molecule has 0 atom stereocenters. The number of rotatable bonds is 8. The minimum absolute atomic E-state index is 0.541. The molecule has 0 spiro atoms. The minimum atomic E-state index is 0.541. The Bertz CT molecular complexity index is 380. The number of likely N-dealkylation sites (N-methyl/N-ethyl adjacent to an activating group) is 1. The Kier molecular flexibility index (Phi) is 7.39. The first kappa shape index (κ1) is 16.4. The zero-order valence-corrected chi connectivity index (χ0v) is 13.1. The number of halogens is 1. The van der Waals surface area contributed by atoms with E-state index in [0.717, 1.165) is 43.2 Å². The Morgan fingerprint density at radius 2 is 1.89 bits per heavy atom. The van der Waals surface area contributed by atoms with Gasteiger partial charge in [-0.1, -0.05) is 30.7 Å². The van der Waals surface area contributed by atoms with Crippen molar-refractivity contribution in [1.82, 2.24) is 9.80 Å². The molecule has 1 aromatic rings. The fourth-order valence-corrected chi connectivity index (χ4v) is 2.28. The van der Waals surface area contributed by atoms with Gasteiger partial charge < -0.3 is 10.6 Å². The van der Waals surface area contributed by atoms with E-state index in [1.165, 1.54) is 5.56 Å². The number of hydrogen-bond donors (Lipinski definition) is 1. The van der Waals surface area contributed by atoms with Crippen LogP contribution in [-0.2, 0) is 13.1 Å². The maximum absolute atomic E-state index is 6.32. The first-order valence-corrected chi connectivity index (χ1v) is 7.29. The Morgan fingerprint density at radius 3 is 2.42 bits per heavy atom. The number of hydrogen-bond acceptors (Lipinski definition) is 3. The lowest BCUT2D eigenvalue weighted by Crippen LogP contribution is -2.32. The largest absolute Gasteiger partial charge is 0.326 e. The van der Waals surface area contributed by atoms with E-state index >= 15 is 0 Å². The zero-order valence-electron chi connectivity index (χ0n) is 12.3. The summed E-state index contributed by atoms with van der Waals surface area (Å²) in [6, 6.07) is 6.15. The van der Waals surface area contributed by atoms with Crippen LogP contribution in [0.2, 0.25) is 5.02 Å². The van der Waals surface area contributed by atoms with Crippen LogP contribution >= 0.6 is 11.6 Å². The van der Waals surface area contributed by atoms with Crippen molar-refractivity contribution < 1.29 is 0 Å². The third kappa shape index (κ3) is 5.91. The quantitative estimate of drug-likeness (QED) is 0.796. The third-order valence-corrected chi connectivity index (χ3v) is 3.50. The highest BCUT2D eigenvalue weighted by Crippen LogP contribution is 2.19. The molecule has 0 aliphatic rings. The van der Waals surface area contributed by atoms with E-state index in [2.05, 4.69) is 43.0 Å². The molecule has 0 amide bonds. The summed E-state index contributed by atoms with van der Waals surface area (Å²) in [6.45, 7) is 6.89. The summed E-state index contributed by atoms with van der Waals surface area (Å²) >= 11 is 6.32. The van der Waals surface area contributed by atoms with Gasteiger partial charge in [0.15, 0.2) is 0 Å². The molecule has 0 saturated carbocycles. The summed E-state index contributed by atoms with van der Waals surface area (Å²) < 4.78 is 0. The summed E-state index contributed by atoms with van der Waals surface area (Å²) in [5.74, 6) is 0. The second kappa shape index (κ2) is 8.54. The van der Waals surface area contributed by atoms with Crippen molar-refractivity contribution in [2.75, 3.05) is 33.7 Å². The average Bonchev–Trinajstić information content (AvgIpc) is 2.38. The predicted molar refractivity (Wildman–Crippen MR) is 83.5 cm³/mol. The predicted octanol–water partition coefficient (Wildman–Crippen LogP) is 2.57. The smallest absolute Gasteiger partial charge is 0.0454 e. The van der Waals surface area contributed by atoms with Crippen molar-refractivity contribution in [3.8, 4) is 0 Å². The van der Waals surface area contributed by atoms with Crippen LogP contribution in [0, 0.1) is 0 Å². The molecular formula is C15H26ClN3. The van der Waals surface area contributed by atoms with Crippen molar-refractivity contribution in [1.29, 1.82) is 0 Å². The van der Waals surface area contributed by atoms with Crippen molar-refractivity contribution in [2.24, 2.45) is 5.73 Å². The van der Waals surface area contributed by atoms with Crippen LogP contribution in [0.25, 0.3) is 0 Å². The Hall–Kier alpha value is -0.610.